The maximum atomic E-state index is 4.76. The molecular formula is C17H24N2S. The lowest BCUT2D eigenvalue weighted by atomic mass is 9.75. The van der Waals surface area contributed by atoms with Gasteiger partial charge in [0.2, 0.25) is 0 Å². The summed E-state index contributed by atoms with van der Waals surface area (Å²) < 4.78 is 1.29. The lowest BCUT2D eigenvalue weighted by molar-refractivity contribution is 0.200. The molecular weight excluding hydrogens is 264 g/mol. The molecule has 1 unspecified atom stereocenters. The Balaban J connectivity index is 1.66. The van der Waals surface area contributed by atoms with Gasteiger partial charge in [0, 0.05) is 6.04 Å². The third-order valence-corrected chi connectivity index (χ3v) is 5.72. The molecule has 3 heteroatoms. The average Bonchev–Trinajstić information content (AvgIpc) is 2.85. The smallest absolute Gasteiger partial charge is 0.111 e. The number of hydrogen-bond acceptors (Lipinski definition) is 3. The molecule has 2 nitrogen and oxygen atoms in total. The highest BCUT2D eigenvalue weighted by Crippen LogP contribution is 2.36. The van der Waals surface area contributed by atoms with Crippen molar-refractivity contribution >= 4 is 21.6 Å². The molecule has 1 fully saturated rings. The number of benzene rings is 1. The molecule has 0 radical (unpaired) electrons. The molecule has 1 heterocycles. The number of hydrogen-bond donors (Lipinski definition) is 1. The molecule has 1 aliphatic rings. The van der Waals surface area contributed by atoms with Crippen LogP contribution < -0.4 is 5.32 Å². The number of para-hydroxylation sites is 1. The Hall–Kier alpha value is -0.930. The second kappa shape index (κ2) is 5.45. The van der Waals surface area contributed by atoms with E-state index in [1.807, 2.05) is 11.3 Å². The van der Waals surface area contributed by atoms with Gasteiger partial charge in [0.05, 0.1) is 16.3 Å². The number of nitrogens with one attached hydrogen (secondary N) is 1. The van der Waals surface area contributed by atoms with Crippen molar-refractivity contribution < 1.29 is 0 Å². The summed E-state index contributed by atoms with van der Waals surface area (Å²) in [4.78, 5) is 4.76. The standard InChI is InChI=1S/C17H24N2S/c1-12(18-13-8-10-17(2,3)11-9-13)16-19-14-6-4-5-7-15(14)20-16/h4-7,12-13,18H,8-11H2,1-3H3. The van der Waals surface area contributed by atoms with E-state index in [0.29, 0.717) is 17.5 Å². The van der Waals surface area contributed by atoms with Crippen LogP contribution in [0.4, 0.5) is 0 Å². The van der Waals surface area contributed by atoms with E-state index in [4.69, 9.17) is 4.98 Å². The fourth-order valence-corrected chi connectivity index (χ4v) is 4.05. The highest BCUT2D eigenvalue weighted by molar-refractivity contribution is 7.18. The van der Waals surface area contributed by atoms with Crippen molar-refractivity contribution in [3.05, 3.63) is 29.3 Å². The van der Waals surface area contributed by atoms with Crippen LogP contribution in [0.3, 0.4) is 0 Å². The molecule has 0 aliphatic heterocycles. The maximum absolute atomic E-state index is 4.76. The first-order valence-corrected chi connectivity index (χ1v) is 8.47. The Labute approximate surface area is 125 Å². The topological polar surface area (TPSA) is 24.9 Å². The summed E-state index contributed by atoms with van der Waals surface area (Å²) in [5, 5.41) is 5.00. The van der Waals surface area contributed by atoms with Crippen LogP contribution in [0.15, 0.2) is 24.3 Å². The second-order valence-electron chi connectivity index (χ2n) is 6.85. The van der Waals surface area contributed by atoms with Gasteiger partial charge in [-0.15, -0.1) is 11.3 Å². The fraction of sp³-hybridized carbons (Fsp3) is 0.588. The van der Waals surface area contributed by atoms with Gasteiger partial charge in [-0.2, -0.15) is 0 Å². The van der Waals surface area contributed by atoms with Crippen molar-refractivity contribution in [3.63, 3.8) is 0 Å². The van der Waals surface area contributed by atoms with Crippen LogP contribution in [0.25, 0.3) is 10.2 Å². The molecule has 0 spiro atoms. The monoisotopic (exact) mass is 288 g/mol. The molecule has 1 aromatic heterocycles. The van der Waals surface area contributed by atoms with Gasteiger partial charge >= 0.3 is 0 Å². The minimum Gasteiger partial charge on any atom is -0.305 e. The van der Waals surface area contributed by atoms with E-state index >= 15 is 0 Å². The SMILES string of the molecule is CC(NC1CCC(C)(C)CC1)c1nc2ccccc2s1. The van der Waals surface area contributed by atoms with Crippen molar-refractivity contribution in [3.8, 4) is 0 Å². The van der Waals surface area contributed by atoms with E-state index in [0.717, 1.165) is 5.52 Å². The number of fused-ring (bicyclic) bond motifs is 1. The number of nitrogens with zero attached hydrogens (tertiary/aromatic N) is 1. The second-order valence-corrected chi connectivity index (χ2v) is 7.91. The Bertz CT molecular complexity index is 544. The van der Waals surface area contributed by atoms with Crippen molar-refractivity contribution in [1.29, 1.82) is 0 Å². The number of aromatic nitrogens is 1. The van der Waals surface area contributed by atoms with Gasteiger partial charge in [0.15, 0.2) is 0 Å². The van der Waals surface area contributed by atoms with E-state index in [1.165, 1.54) is 35.4 Å². The van der Waals surface area contributed by atoms with Crippen LogP contribution >= 0.6 is 11.3 Å². The van der Waals surface area contributed by atoms with Crippen LogP contribution in [-0.2, 0) is 0 Å². The summed E-state index contributed by atoms with van der Waals surface area (Å²) in [6.07, 6.45) is 5.25. The summed E-state index contributed by atoms with van der Waals surface area (Å²) >= 11 is 1.82. The molecule has 1 aromatic carbocycles. The molecule has 0 bridgehead atoms. The number of rotatable bonds is 3. The van der Waals surface area contributed by atoms with Crippen molar-refractivity contribution in [2.45, 2.75) is 58.5 Å². The molecule has 0 amide bonds. The van der Waals surface area contributed by atoms with E-state index in [1.54, 1.807) is 0 Å². The molecule has 20 heavy (non-hydrogen) atoms. The first-order chi connectivity index (χ1) is 9.53. The first-order valence-electron chi connectivity index (χ1n) is 7.65. The quantitative estimate of drug-likeness (QED) is 0.867. The molecule has 1 N–H and O–H groups in total. The van der Waals surface area contributed by atoms with Gasteiger partial charge in [-0.25, -0.2) is 4.98 Å². The summed E-state index contributed by atoms with van der Waals surface area (Å²) in [6, 6.07) is 9.43. The predicted octanol–water partition coefficient (Wildman–Crippen LogP) is 4.92. The third kappa shape index (κ3) is 3.04. The van der Waals surface area contributed by atoms with Crippen LogP contribution in [0.1, 0.15) is 57.5 Å². The highest BCUT2D eigenvalue weighted by atomic mass is 32.1. The molecule has 1 saturated carbocycles. The lowest BCUT2D eigenvalue weighted by Crippen LogP contribution is -2.36. The van der Waals surface area contributed by atoms with Gasteiger partial charge in [-0.1, -0.05) is 26.0 Å². The van der Waals surface area contributed by atoms with Gasteiger partial charge in [0.25, 0.3) is 0 Å². The van der Waals surface area contributed by atoms with Crippen molar-refractivity contribution in [1.82, 2.24) is 10.3 Å². The van der Waals surface area contributed by atoms with Crippen molar-refractivity contribution in [2.75, 3.05) is 0 Å². The molecule has 1 aliphatic carbocycles. The van der Waals surface area contributed by atoms with Gasteiger partial charge in [-0.05, 0) is 50.2 Å². The minimum atomic E-state index is 0.360. The maximum Gasteiger partial charge on any atom is 0.111 e. The molecule has 3 rings (SSSR count). The third-order valence-electron chi connectivity index (χ3n) is 4.51. The van der Waals surface area contributed by atoms with Gasteiger partial charge in [0.1, 0.15) is 5.01 Å². The first kappa shape index (κ1) is 14.0. The van der Waals surface area contributed by atoms with Gasteiger partial charge < -0.3 is 5.32 Å². The zero-order chi connectivity index (χ0) is 14.2. The zero-order valence-electron chi connectivity index (χ0n) is 12.6. The fourth-order valence-electron chi connectivity index (χ4n) is 3.07. The summed E-state index contributed by atoms with van der Waals surface area (Å²) in [7, 11) is 0. The largest absolute Gasteiger partial charge is 0.305 e. The Kier molecular flexibility index (Phi) is 3.83. The van der Waals surface area contributed by atoms with Crippen molar-refractivity contribution in [2.24, 2.45) is 5.41 Å². The van der Waals surface area contributed by atoms with E-state index in [-0.39, 0.29) is 0 Å². The molecule has 2 aromatic rings. The Morgan fingerprint density at radius 1 is 1.25 bits per heavy atom. The Morgan fingerprint density at radius 2 is 1.95 bits per heavy atom. The molecule has 108 valence electrons. The average molecular weight is 288 g/mol. The normalized spacial score (nSPS) is 21.1. The summed E-state index contributed by atoms with van der Waals surface area (Å²) in [5.74, 6) is 0. The summed E-state index contributed by atoms with van der Waals surface area (Å²) in [5.41, 5.74) is 1.67. The minimum absolute atomic E-state index is 0.360. The summed E-state index contributed by atoms with van der Waals surface area (Å²) in [6.45, 7) is 7.03. The van der Waals surface area contributed by atoms with E-state index < -0.39 is 0 Å². The van der Waals surface area contributed by atoms with E-state index in [9.17, 15) is 0 Å². The van der Waals surface area contributed by atoms with Crippen LogP contribution in [0, 0.1) is 5.41 Å². The van der Waals surface area contributed by atoms with Crippen LogP contribution in [0.2, 0.25) is 0 Å². The molecule has 0 saturated heterocycles. The van der Waals surface area contributed by atoms with Gasteiger partial charge in [-0.3, -0.25) is 0 Å². The Morgan fingerprint density at radius 3 is 2.65 bits per heavy atom. The molecule has 1 atom stereocenters. The van der Waals surface area contributed by atoms with Crippen LogP contribution in [-0.4, -0.2) is 11.0 Å². The lowest BCUT2D eigenvalue weighted by Gasteiger charge is -2.35. The number of thiazole rings is 1. The van der Waals surface area contributed by atoms with Crippen LogP contribution in [0.5, 0.6) is 0 Å². The zero-order valence-corrected chi connectivity index (χ0v) is 13.5. The van der Waals surface area contributed by atoms with E-state index in [2.05, 4.69) is 50.4 Å². The predicted molar refractivity (Wildman–Crippen MR) is 87.2 cm³/mol. The highest BCUT2D eigenvalue weighted by Gasteiger charge is 2.27.